The quantitative estimate of drug-likeness (QED) is 0.139. The number of aliphatic hydroxyl groups excluding tert-OH is 2. The Kier molecular flexibility index (Phi) is 10.2. The number of aliphatic hydroxyl groups is 2. The number of aromatic nitrogens is 3. The molecule has 5 rings (SSSR count). The number of hydrogen-bond donors (Lipinski definition) is 4. The number of nitrogens with one attached hydrogen (secondary N) is 2. The number of fused-ring (bicyclic) bond motifs is 1. The van der Waals surface area contributed by atoms with Crippen LogP contribution >= 0.6 is 0 Å². The molecule has 3 aromatic rings. The molecule has 2 aliphatic heterocycles. The van der Waals surface area contributed by atoms with E-state index in [1.54, 1.807) is 6.92 Å². The van der Waals surface area contributed by atoms with Crippen LogP contribution in [0, 0.1) is 6.92 Å². The number of nitrogens with zero attached hydrogens (tertiary/aromatic N) is 5. The zero-order valence-corrected chi connectivity index (χ0v) is 23.6. The van der Waals surface area contributed by atoms with E-state index in [2.05, 4.69) is 25.3 Å². The maximum Gasteiger partial charge on any atom is 0.433 e. The van der Waals surface area contributed by atoms with Crippen molar-refractivity contribution in [1.29, 1.82) is 0 Å². The van der Waals surface area contributed by atoms with Crippen LogP contribution in [-0.2, 0) is 17.1 Å². The molecule has 18 heteroatoms. The van der Waals surface area contributed by atoms with Gasteiger partial charge in [-0.3, -0.25) is 14.3 Å². The normalized spacial score (nSPS) is 22.8. The standard InChI is InChI=1S/C17H16F6N2O.C10H13N5O4/c18-16(19,20)11-5-3-4-9-10(15(26)12-6-1-2-7-24-12)8-13(17(21,22)23)25-14(9)11;1-5-3-15(10(18)12-9(5)17)8-2-6(13-14-11)7(4-16)19-8/h3-5,8,12,15,24,26H,1-2,6-7H2;3,6-8,16H,2,4H2,1H3,(H,12,17,18)/t12-,15+;6-,7+,8+/m00/s1. The summed E-state index contributed by atoms with van der Waals surface area (Å²) in [5.74, 6) is 0. The Labute approximate surface area is 250 Å². The number of pyridine rings is 1. The van der Waals surface area contributed by atoms with Crippen molar-refractivity contribution in [1.82, 2.24) is 19.9 Å². The molecule has 0 aliphatic carbocycles. The zero-order valence-electron chi connectivity index (χ0n) is 23.6. The first-order valence-electron chi connectivity index (χ1n) is 13.8. The molecule has 2 fully saturated rings. The van der Waals surface area contributed by atoms with Crippen LogP contribution in [0.4, 0.5) is 26.3 Å². The second kappa shape index (κ2) is 13.6. The smallest absolute Gasteiger partial charge is 0.394 e. The molecule has 0 bridgehead atoms. The first-order valence-corrected chi connectivity index (χ1v) is 13.8. The minimum Gasteiger partial charge on any atom is -0.394 e. The summed E-state index contributed by atoms with van der Waals surface area (Å²) in [4.78, 5) is 31.1. The number of benzene rings is 1. The van der Waals surface area contributed by atoms with E-state index in [0.717, 1.165) is 18.9 Å². The van der Waals surface area contributed by atoms with Crippen molar-refractivity contribution >= 4 is 10.9 Å². The third-order valence-corrected chi connectivity index (χ3v) is 7.56. The third-order valence-electron chi connectivity index (χ3n) is 7.56. The molecule has 0 saturated carbocycles. The van der Waals surface area contributed by atoms with Crippen molar-refractivity contribution < 1.29 is 41.3 Å². The van der Waals surface area contributed by atoms with Crippen LogP contribution in [0.1, 0.15) is 60.4 Å². The largest absolute Gasteiger partial charge is 0.433 e. The summed E-state index contributed by atoms with van der Waals surface area (Å²) in [6, 6.07) is 2.61. The van der Waals surface area contributed by atoms with Crippen LogP contribution in [0.15, 0.2) is 45.2 Å². The summed E-state index contributed by atoms with van der Waals surface area (Å²) >= 11 is 0. The van der Waals surface area contributed by atoms with Crippen molar-refractivity contribution in [2.24, 2.45) is 5.11 Å². The van der Waals surface area contributed by atoms with Crippen molar-refractivity contribution in [2.45, 2.75) is 75.5 Å². The fraction of sp³-hybridized carbons (Fsp3) is 0.519. The molecular formula is C27H29F6N7O5. The number of piperidine rings is 1. The average molecular weight is 646 g/mol. The lowest BCUT2D eigenvalue weighted by atomic mass is 9.91. The Balaban J connectivity index is 0.000000215. The molecule has 12 nitrogen and oxygen atoms in total. The number of hydrogen-bond acceptors (Lipinski definition) is 8. The second-order valence-corrected chi connectivity index (χ2v) is 10.6. The number of aromatic amines is 1. The van der Waals surface area contributed by atoms with Crippen molar-refractivity contribution in [2.75, 3.05) is 13.2 Å². The highest BCUT2D eigenvalue weighted by molar-refractivity contribution is 5.86. The number of alkyl halides is 6. The van der Waals surface area contributed by atoms with Crippen LogP contribution in [0.2, 0.25) is 0 Å². The zero-order chi connectivity index (χ0) is 33.1. The highest BCUT2D eigenvalue weighted by Crippen LogP contribution is 2.40. The maximum atomic E-state index is 13.2. The average Bonchev–Trinajstić information content (AvgIpc) is 3.40. The number of halogens is 6. The SMILES string of the molecule is Cc1cn([C@H]2C[C@H](N=[N+]=[N-])[C@@H](CO)O2)c(=O)[nH]c1=O.O[C@H](c1cc(C(F)(F)F)nc2c(C(F)(F)F)cccc12)[C@@H]1CCCCN1. The Morgan fingerprint density at radius 3 is 2.53 bits per heavy atom. The number of H-pyrrole nitrogens is 1. The van der Waals surface area contributed by atoms with Gasteiger partial charge in [0.2, 0.25) is 0 Å². The number of azide groups is 1. The fourth-order valence-corrected chi connectivity index (χ4v) is 5.30. The van der Waals surface area contributed by atoms with Gasteiger partial charge in [-0.25, -0.2) is 9.78 Å². The molecule has 2 saturated heterocycles. The predicted octanol–water partition coefficient (Wildman–Crippen LogP) is 4.25. The van der Waals surface area contributed by atoms with E-state index in [1.165, 1.54) is 16.8 Å². The van der Waals surface area contributed by atoms with Crippen LogP contribution in [-0.4, -0.2) is 56.1 Å². The number of ether oxygens (including phenoxy) is 1. The summed E-state index contributed by atoms with van der Waals surface area (Å²) in [6.07, 6.45) is -8.67. The molecule has 4 heterocycles. The van der Waals surface area contributed by atoms with Gasteiger partial charge in [-0.2, -0.15) is 26.3 Å². The van der Waals surface area contributed by atoms with Gasteiger partial charge >= 0.3 is 18.0 Å². The van der Waals surface area contributed by atoms with Gasteiger partial charge < -0.3 is 20.3 Å². The summed E-state index contributed by atoms with van der Waals surface area (Å²) in [6.45, 7) is 1.85. The Morgan fingerprint density at radius 2 is 1.93 bits per heavy atom. The van der Waals surface area contributed by atoms with Gasteiger partial charge in [0.1, 0.15) is 11.9 Å². The van der Waals surface area contributed by atoms with Gasteiger partial charge in [0.15, 0.2) is 0 Å². The molecule has 244 valence electrons. The van der Waals surface area contributed by atoms with Crippen molar-refractivity contribution in [3.05, 3.63) is 84.1 Å². The van der Waals surface area contributed by atoms with Crippen LogP contribution in [0.25, 0.3) is 21.3 Å². The highest BCUT2D eigenvalue weighted by Gasteiger charge is 2.39. The topological polar surface area (TPSA) is 178 Å². The Hall–Kier alpha value is -3.96. The lowest BCUT2D eigenvalue weighted by Crippen LogP contribution is -2.39. The summed E-state index contributed by atoms with van der Waals surface area (Å²) in [5.41, 5.74) is 4.04. The molecule has 2 aromatic heterocycles. The van der Waals surface area contributed by atoms with Gasteiger partial charge in [0.05, 0.1) is 35.9 Å². The van der Waals surface area contributed by atoms with E-state index < -0.39 is 70.9 Å². The molecule has 5 atom stereocenters. The van der Waals surface area contributed by atoms with E-state index >= 15 is 0 Å². The van der Waals surface area contributed by atoms with Gasteiger partial charge in [0.25, 0.3) is 5.56 Å². The van der Waals surface area contributed by atoms with Crippen molar-refractivity contribution in [3.8, 4) is 0 Å². The van der Waals surface area contributed by atoms with Gasteiger partial charge in [-0.15, -0.1) is 0 Å². The van der Waals surface area contributed by atoms with Gasteiger partial charge in [-0.1, -0.05) is 23.7 Å². The van der Waals surface area contributed by atoms with Crippen LogP contribution in [0.3, 0.4) is 0 Å². The monoisotopic (exact) mass is 645 g/mol. The maximum absolute atomic E-state index is 13.2. The lowest BCUT2D eigenvalue weighted by molar-refractivity contribution is -0.142. The highest BCUT2D eigenvalue weighted by atomic mass is 19.4. The third kappa shape index (κ3) is 7.65. The molecule has 0 radical (unpaired) electrons. The molecule has 0 unspecified atom stereocenters. The van der Waals surface area contributed by atoms with E-state index in [1.807, 2.05) is 0 Å². The molecule has 1 aromatic carbocycles. The number of para-hydroxylation sites is 1. The fourth-order valence-electron chi connectivity index (χ4n) is 5.30. The second-order valence-electron chi connectivity index (χ2n) is 10.6. The summed E-state index contributed by atoms with van der Waals surface area (Å²) in [5, 5.41) is 26.1. The number of rotatable bonds is 5. The molecule has 0 amide bonds. The lowest BCUT2D eigenvalue weighted by Gasteiger charge is -2.29. The first-order chi connectivity index (χ1) is 21.1. The van der Waals surface area contributed by atoms with Crippen LogP contribution < -0.4 is 16.6 Å². The van der Waals surface area contributed by atoms with Gasteiger partial charge in [-0.05, 0) is 49.5 Å². The predicted molar refractivity (Wildman–Crippen MR) is 147 cm³/mol. The van der Waals surface area contributed by atoms with E-state index in [0.29, 0.717) is 30.7 Å². The van der Waals surface area contributed by atoms with E-state index in [-0.39, 0.29) is 24.0 Å². The molecule has 45 heavy (non-hydrogen) atoms. The Morgan fingerprint density at radius 1 is 1.20 bits per heavy atom. The number of aryl methyl sites for hydroxylation is 1. The summed E-state index contributed by atoms with van der Waals surface area (Å²) in [7, 11) is 0. The van der Waals surface area contributed by atoms with E-state index in [4.69, 9.17) is 15.4 Å². The molecular weight excluding hydrogens is 616 g/mol. The minimum absolute atomic E-state index is 0.132. The Bertz CT molecular complexity index is 1680. The molecule has 0 spiro atoms. The van der Waals surface area contributed by atoms with Crippen molar-refractivity contribution in [3.63, 3.8) is 0 Å². The van der Waals surface area contributed by atoms with E-state index in [9.17, 15) is 41.0 Å². The molecule has 4 N–H and O–H groups in total. The van der Waals surface area contributed by atoms with Gasteiger partial charge in [0, 0.05) is 34.5 Å². The molecule has 2 aliphatic rings. The minimum atomic E-state index is -4.93. The summed E-state index contributed by atoms with van der Waals surface area (Å²) < 4.78 is 86.0. The van der Waals surface area contributed by atoms with Crippen LogP contribution in [0.5, 0.6) is 0 Å². The first kappa shape index (κ1) is 33.9.